The third-order valence-electron chi connectivity index (χ3n) is 4.98. The third kappa shape index (κ3) is 4.16. The Bertz CT molecular complexity index is 1530. The predicted octanol–water partition coefficient (Wildman–Crippen LogP) is 3.57. The van der Waals surface area contributed by atoms with E-state index in [9.17, 15) is 14.0 Å². The predicted molar refractivity (Wildman–Crippen MR) is 123 cm³/mol. The quantitative estimate of drug-likeness (QED) is 0.437. The Morgan fingerprint density at radius 1 is 1.15 bits per heavy atom. The number of carbonyl (C=O) groups excluding carboxylic acids is 1. The summed E-state index contributed by atoms with van der Waals surface area (Å²) in [5, 5.41) is 4.14. The van der Waals surface area contributed by atoms with Gasteiger partial charge in [-0.25, -0.2) is 13.9 Å². The van der Waals surface area contributed by atoms with Gasteiger partial charge in [0.15, 0.2) is 11.5 Å². The molecule has 2 aromatic carbocycles. The van der Waals surface area contributed by atoms with Gasteiger partial charge >= 0.3 is 0 Å². The molecular formula is C24H20FN5O3. The number of aryl methyl sites for hydroxylation is 1. The number of halogens is 1. The molecule has 0 aliphatic carbocycles. The molecule has 166 valence electrons. The second-order valence-electron chi connectivity index (χ2n) is 7.10. The first kappa shape index (κ1) is 21.7. The highest BCUT2D eigenvalue weighted by Gasteiger charge is 2.16. The number of nitrogens with zero attached hydrogens (tertiary/aromatic N) is 3. The van der Waals surface area contributed by atoms with Crippen LogP contribution in [0, 0.1) is 5.82 Å². The first-order valence-electron chi connectivity index (χ1n) is 10.1. The number of anilines is 1. The van der Waals surface area contributed by atoms with Crippen LogP contribution in [0.3, 0.4) is 0 Å². The molecule has 5 aromatic rings. The van der Waals surface area contributed by atoms with Gasteiger partial charge in [-0.15, -0.1) is 5.10 Å². The van der Waals surface area contributed by atoms with E-state index in [1.165, 1.54) is 22.7 Å². The fraction of sp³-hybridized carbons (Fsp3) is 0.0833. The summed E-state index contributed by atoms with van der Waals surface area (Å²) in [6.07, 6.45) is 3.79. The van der Waals surface area contributed by atoms with Crippen molar-refractivity contribution >= 4 is 28.3 Å². The lowest BCUT2D eigenvalue weighted by Crippen LogP contribution is -2.12. The van der Waals surface area contributed by atoms with Crippen LogP contribution in [-0.4, -0.2) is 20.5 Å². The molecule has 33 heavy (non-hydrogen) atoms. The van der Waals surface area contributed by atoms with Gasteiger partial charge in [0.1, 0.15) is 22.7 Å². The molecule has 0 aliphatic heterocycles. The number of nitrogen functional groups attached to an aromatic ring is 1. The van der Waals surface area contributed by atoms with Crippen LogP contribution in [0.25, 0.3) is 27.7 Å². The zero-order chi connectivity index (χ0) is 23.5. The van der Waals surface area contributed by atoms with Crippen molar-refractivity contribution in [3.05, 3.63) is 94.4 Å². The lowest BCUT2D eigenvalue weighted by atomic mass is 10.0. The van der Waals surface area contributed by atoms with E-state index >= 15 is 0 Å². The molecule has 8 nitrogen and oxygen atoms in total. The minimum absolute atomic E-state index is 0.103. The molecule has 4 N–H and O–H groups in total. The molecule has 0 bridgehead atoms. The lowest BCUT2D eigenvalue weighted by molar-refractivity contribution is 0.100. The van der Waals surface area contributed by atoms with E-state index < -0.39 is 11.7 Å². The van der Waals surface area contributed by atoms with Gasteiger partial charge in [0.05, 0.1) is 10.9 Å². The van der Waals surface area contributed by atoms with Crippen molar-refractivity contribution in [1.29, 1.82) is 0 Å². The SMILES string of the molecule is CCc1oc2ccc(F)cc2c(=O)c1-c1ccccc1.NC(=O)c1c(N)nn2cccnc12. The molecule has 0 radical (unpaired) electrons. The third-order valence-corrected chi connectivity index (χ3v) is 4.98. The molecule has 0 spiro atoms. The van der Waals surface area contributed by atoms with Crippen LogP contribution in [0.4, 0.5) is 10.2 Å². The Morgan fingerprint density at radius 2 is 1.91 bits per heavy atom. The maximum Gasteiger partial charge on any atom is 0.256 e. The Kier molecular flexibility index (Phi) is 5.86. The van der Waals surface area contributed by atoms with Crippen LogP contribution < -0.4 is 16.9 Å². The zero-order valence-electron chi connectivity index (χ0n) is 17.7. The molecule has 0 aliphatic rings. The van der Waals surface area contributed by atoms with Crippen molar-refractivity contribution in [2.75, 3.05) is 5.73 Å². The van der Waals surface area contributed by atoms with Gasteiger partial charge in [0, 0.05) is 18.8 Å². The number of carbonyl (C=O) groups is 1. The van der Waals surface area contributed by atoms with Crippen LogP contribution >= 0.6 is 0 Å². The number of rotatable bonds is 3. The van der Waals surface area contributed by atoms with Crippen molar-refractivity contribution in [1.82, 2.24) is 14.6 Å². The lowest BCUT2D eigenvalue weighted by Gasteiger charge is -2.08. The minimum Gasteiger partial charge on any atom is -0.460 e. The molecule has 9 heteroatoms. The second kappa shape index (κ2) is 8.91. The number of nitrogens with two attached hydrogens (primary N) is 2. The topological polar surface area (TPSA) is 130 Å². The number of hydrogen-bond acceptors (Lipinski definition) is 6. The number of aromatic nitrogens is 3. The summed E-state index contributed by atoms with van der Waals surface area (Å²) in [5.74, 6) is -0.328. The molecule has 0 fully saturated rings. The summed E-state index contributed by atoms with van der Waals surface area (Å²) in [5.41, 5.74) is 12.7. The van der Waals surface area contributed by atoms with Gasteiger partial charge in [-0.05, 0) is 29.8 Å². The molecule has 3 heterocycles. The average Bonchev–Trinajstić information content (AvgIpc) is 3.16. The number of primary amides is 1. The van der Waals surface area contributed by atoms with Crippen LogP contribution in [0.2, 0.25) is 0 Å². The summed E-state index contributed by atoms with van der Waals surface area (Å²) >= 11 is 0. The van der Waals surface area contributed by atoms with Crippen LogP contribution in [0.1, 0.15) is 23.0 Å². The fourth-order valence-electron chi connectivity index (χ4n) is 3.50. The molecular weight excluding hydrogens is 425 g/mol. The van der Waals surface area contributed by atoms with Gasteiger partial charge in [0.2, 0.25) is 5.43 Å². The Morgan fingerprint density at radius 3 is 2.61 bits per heavy atom. The second-order valence-corrected chi connectivity index (χ2v) is 7.10. The molecule has 5 rings (SSSR count). The summed E-state index contributed by atoms with van der Waals surface area (Å²) < 4.78 is 20.5. The standard InChI is InChI=1S/C17H13FO2.C7H7N5O/c1-2-14-16(11-6-4-3-5-7-11)17(19)13-10-12(18)8-9-15(13)20-14;8-5-4(6(9)13)7-10-2-1-3-12(7)11-5/h3-10H,2H2,1H3;1-3H,(H2,8,11)(H2,9,13). The highest BCUT2D eigenvalue weighted by molar-refractivity contribution is 6.03. The van der Waals surface area contributed by atoms with Crippen LogP contribution in [-0.2, 0) is 6.42 Å². The van der Waals surface area contributed by atoms with Gasteiger partial charge in [-0.1, -0.05) is 37.3 Å². The Labute approximate surface area is 187 Å². The number of hydrogen-bond donors (Lipinski definition) is 2. The first-order valence-corrected chi connectivity index (χ1v) is 10.1. The van der Waals surface area contributed by atoms with E-state index in [1.807, 2.05) is 37.3 Å². The molecule has 0 saturated heterocycles. The number of benzene rings is 2. The minimum atomic E-state index is -0.619. The summed E-state index contributed by atoms with van der Waals surface area (Å²) in [4.78, 5) is 27.5. The van der Waals surface area contributed by atoms with Gasteiger partial charge in [-0.2, -0.15) is 0 Å². The molecule has 0 unspecified atom stereocenters. The van der Waals surface area contributed by atoms with Crippen molar-refractivity contribution in [2.24, 2.45) is 5.73 Å². The van der Waals surface area contributed by atoms with E-state index in [-0.39, 0.29) is 22.2 Å². The summed E-state index contributed by atoms with van der Waals surface area (Å²) in [6, 6.07) is 15.0. The Balaban J connectivity index is 0.000000172. The molecule has 0 atom stereocenters. The largest absolute Gasteiger partial charge is 0.460 e. The highest BCUT2D eigenvalue weighted by atomic mass is 19.1. The van der Waals surface area contributed by atoms with Crippen molar-refractivity contribution in [3.8, 4) is 11.1 Å². The van der Waals surface area contributed by atoms with Crippen molar-refractivity contribution in [2.45, 2.75) is 13.3 Å². The summed E-state index contributed by atoms with van der Waals surface area (Å²) in [7, 11) is 0. The van der Waals surface area contributed by atoms with Crippen molar-refractivity contribution < 1.29 is 13.6 Å². The van der Waals surface area contributed by atoms with E-state index in [4.69, 9.17) is 15.9 Å². The van der Waals surface area contributed by atoms with Crippen molar-refractivity contribution in [3.63, 3.8) is 0 Å². The number of fused-ring (bicyclic) bond motifs is 2. The summed E-state index contributed by atoms with van der Waals surface area (Å²) in [6.45, 7) is 1.93. The highest BCUT2D eigenvalue weighted by Crippen LogP contribution is 2.25. The average molecular weight is 445 g/mol. The van der Waals surface area contributed by atoms with E-state index in [0.717, 1.165) is 5.56 Å². The Hall–Kier alpha value is -4.53. The van der Waals surface area contributed by atoms with Gasteiger partial charge in [0.25, 0.3) is 5.91 Å². The normalized spacial score (nSPS) is 10.7. The fourth-order valence-corrected chi connectivity index (χ4v) is 3.50. The van der Waals surface area contributed by atoms with E-state index in [2.05, 4.69) is 10.1 Å². The maximum atomic E-state index is 13.4. The van der Waals surface area contributed by atoms with Gasteiger partial charge < -0.3 is 15.9 Å². The van der Waals surface area contributed by atoms with E-state index in [1.54, 1.807) is 18.5 Å². The monoisotopic (exact) mass is 445 g/mol. The molecule has 0 saturated carbocycles. The molecule has 3 aromatic heterocycles. The van der Waals surface area contributed by atoms with Gasteiger partial charge in [-0.3, -0.25) is 9.59 Å². The smallest absolute Gasteiger partial charge is 0.256 e. The van der Waals surface area contributed by atoms with Crippen LogP contribution in [0.15, 0.2) is 76.2 Å². The maximum absolute atomic E-state index is 13.4. The first-order chi connectivity index (χ1) is 15.9. The number of amides is 1. The zero-order valence-corrected chi connectivity index (χ0v) is 17.7. The van der Waals surface area contributed by atoms with E-state index in [0.29, 0.717) is 29.0 Å². The molecule has 1 amide bonds. The van der Waals surface area contributed by atoms with Crippen LogP contribution in [0.5, 0.6) is 0 Å².